The number of rotatable bonds is 7. The standard InChI is InChI=1S/C23H26N4O2/c28-23(24-16-22-26-25-21-13-5-2-8-14-27(21)22)17-29-20-12-7-6-11-19(20)15-18-9-3-1-4-10-18/h1,3-4,6-7,9-12H,2,5,8,13-17H2,(H,24,28). The Morgan fingerprint density at radius 1 is 1.00 bits per heavy atom. The number of nitrogens with zero attached hydrogens (tertiary/aromatic N) is 3. The Morgan fingerprint density at radius 3 is 2.72 bits per heavy atom. The van der Waals surface area contributed by atoms with Crippen molar-refractivity contribution in [2.24, 2.45) is 0 Å². The Kier molecular flexibility index (Phi) is 6.19. The maximum absolute atomic E-state index is 12.3. The Labute approximate surface area is 170 Å². The van der Waals surface area contributed by atoms with E-state index in [0.29, 0.717) is 6.54 Å². The smallest absolute Gasteiger partial charge is 0.258 e. The van der Waals surface area contributed by atoms with Crippen molar-refractivity contribution in [1.29, 1.82) is 0 Å². The van der Waals surface area contributed by atoms with Gasteiger partial charge in [-0.25, -0.2) is 0 Å². The summed E-state index contributed by atoms with van der Waals surface area (Å²) in [4.78, 5) is 12.3. The summed E-state index contributed by atoms with van der Waals surface area (Å²) in [5.74, 6) is 2.42. The van der Waals surface area contributed by atoms with Crippen LogP contribution in [0.15, 0.2) is 54.6 Å². The molecule has 1 aromatic heterocycles. The van der Waals surface area contributed by atoms with Crippen molar-refractivity contribution in [3.05, 3.63) is 77.4 Å². The minimum absolute atomic E-state index is 0.0210. The predicted molar refractivity (Wildman–Crippen MR) is 111 cm³/mol. The molecule has 0 fully saturated rings. The van der Waals surface area contributed by atoms with Gasteiger partial charge in [0.15, 0.2) is 12.4 Å². The Balaban J connectivity index is 1.32. The highest BCUT2D eigenvalue weighted by atomic mass is 16.5. The molecule has 6 heteroatoms. The van der Waals surface area contributed by atoms with Crippen LogP contribution in [0.25, 0.3) is 0 Å². The lowest BCUT2D eigenvalue weighted by atomic mass is 10.0. The molecule has 0 radical (unpaired) electrons. The van der Waals surface area contributed by atoms with Crippen molar-refractivity contribution in [3.8, 4) is 5.75 Å². The first kappa shape index (κ1) is 19.2. The molecule has 150 valence electrons. The van der Waals surface area contributed by atoms with Crippen LogP contribution in [0.5, 0.6) is 5.75 Å². The van der Waals surface area contributed by atoms with Crippen molar-refractivity contribution < 1.29 is 9.53 Å². The molecule has 1 aliphatic rings. The summed E-state index contributed by atoms with van der Waals surface area (Å²) < 4.78 is 7.96. The molecule has 0 atom stereocenters. The molecule has 29 heavy (non-hydrogen) atoms. The van der Waals surface area contributed by atoms with E-state index in [1.807, 2.05) is 42.5 Å². The maximum Gasteiger partial charge on any atom is 0.258 e. The third kappa shape index (κ3) is 5.02. The fourth-order valence-corrected chi connectivity index (χ4v) is 3.65. The first-order valence-electron chi connectivity index (χ1n) is 10.2. The van der Waals surface area contributed by atoms with Gasteiger partial charge in [0.05, 0.1) is 6.54 Å². The molecule has 0 saturated carbocycles. The summed E-state index contributed by atoms with van der Waals surface area (Å²) in [6.45, 7) is 1.28. The Bertz CT molecular complexity index is 953. The summed E-state index contributed by atoms with van der Waals surface area (Å²) in [6, 6.07) is 18.1. The van der Waals surface area contributed by atoms with E-state index in [0.717, 1.165) is 55.2 Å². The van der Waals surface area contributed by atoms with Crippen LogP contribution >= 0.6 is 0 Å². The third-order valence-corrected chi connectivity index (χ3v) is 5.20. The SMILES string of the molecule is O=C(COc1ccccc1Cc1ccccc1)NCc1nnc2n1CCCCC2. The normalized spacial score (nSPS) is 13.4. The number of nitrogens with one attached hydrogen (secondary N) is 1. The third-order valence-electron chi connectivity index (χ3n) is 5.20. The molecule has 3 aromatic rings. The highest BCUT2D eigenvalue weighted by molar-refractivity contribution is 5.77. The lowest BCUT2D eigenvalue weighted by molar-refractivity contribution is -0.123. The summed E-state index contributed by atoms with van der Waals surface area (Å²) in [5, 5.41) is 11.4. The molecular weight excluding hydrogens is 364 g/mol. The summed E-state index contributed by atoms with van der Waals surface area (Å²) in [6.07, 6.45) is 5.23. The number of para-hydroxylation sites is 1. The quantitative estimate of drug-likeness (QED) is 0.672. The van der Waals surface area contributed by atoms with Gasteiger partial charge < -0.3 is 14.6 Å². The minimum Gasteiger partial charge on any atom is -0.483 e. The van der Waals surface area contributed by atoms with Crippen LogP contribution < -0.4 is 10.1 Å². The van der Waals surface area contributed by atoms with E-state index in [9.17, 15) is 4.79 Å². The van der Waals surface area contributed by atoms with Gasteiger partial charge in [0.2, 0.25) is 0 Å². The zero-order valence-corrected chi connectivity index (χ0v) is 16.5. The van der Waals surface area contributed by atoms with Crippen LogP contribution in [0.4, 0.5) is 0 Å². The first-order valence-corrected chi connectivity index (χ1v) is 10.2. The molecule has 1 amide bonds. The van der Waals surface area contributed by atoms with Gasteiger partial charge in [-0.1, -0.05) is 55.0 Å². The average Bonchev–Trinajstić information content (AvgIpc) is 2.98. The van der Waals surface area contributed by atoms with E-state index < -0.39 is 0 Å². The summed E-state index contributed by atoms with van der Waals surface area (Å²) in [7, 11) is 0. The number of amides is 1. The van der Waals surface area contributed by atoms with Crippen LogP contribution in [-0.4, -0.2) is 27.3 Å². The molecule has 6 nitrogen and oxygen atoms in total. The van der Waals surface area contributed by atoms with Gasteiger partial charge in [-0.05, 0) is 30.0 Å². The zero-order chi connectivity index (χ0) is 19.9. The topological polar surface area (TPSA) is 69.0 Å². The van der Waals surface area contributed by atoms with Crippen molar-refractivity contribution in [2.75, 3.05) is 6.61 Å². The van der Waals surface area contributed by atoms with Crippen molar-refractivity contribution >= 4 is 5.91 Å². The fraction of sp³-hybridized carbons (Fsp3) is 0.348. The second-order valence-electron chi connectivity index (χ2n) is 7.33. The fourth-order valence-electron chi connectivity index (χ4n) is 3.65. The Morgan fingerprint density at radius 2 is 1.83 bits per heavy atom. The van der Waals surface area contributed by atoms with Crippen LogP contribution in [-0.2, 0) is 30.7 Å². The van der Waals surface area contributed by atoms with E-state index in [-0.39, 0.29) is 12.5 Å². The first-order chi connectivity index (χ1) is 14.3. The number of ether oxygens (including phenoxy) is 1. The van der Waals surface area contributed by atoms with E-state index in [4.69, 9.17) is 4.74 Å². The van der Waals surface area contributed by atoms with E-state index in [2.05, 4.69) is 32.2 Å². The number of hydrogen-bond acceptors (Lipinski definition) is 4. The highest BCUT2D eigenvalue weighted by Crippen LogP contribution is 2.21. The van der Waals surface area contributed by atoms with Gasteiger partial charge in [-0.3, -0.25) is 4.79 Å². The number of aryl methyl sites for hydroxylation is 1. The highest BCUT2D eigenvalue weighted by Gasteiger charge is 2.15. The molecule has 0 aliphatic carbocycles. The Hall–Kier alpha value is -3.15. The molecule has 0 saturated heterocycles. The number of aromatic nitrogens is 3. The number of fused-ring (bicyclic) bond motifs is 1. The van der Waals surface area contributed by atoms with Gasteiger partial charge in [-0.15, -0.1) is 10.2 Å². The molecule has 0 bridgehead atoms. The van der Waals surface area contributed by atoms with E-state index in [1.165, 1.54) is 12.0 Å². The van der Waals surface area contributed by atoms with Crippen molar-refractivity contribution in [3.63, 3.8) is 0 Å². The number of benzene rings is 2. The lowest BCUT2D eigenvalue weighted by Gasteiger charge is -2.12. The summed E-state index contributed by atoms with van der Waals surface area (Å²) >= 11 is 0. The van der Waals surface area contributed by atoms with Crippen molar-refractivity contribution in [1.82, 2.24) is 20.1 Å². The summed E-state index contributed by atoms with van der Waals surface area (Å²) in [5.41, 5.74) is 2.27. The predicted octanol–water partition coefficient (Wildman–Crippen LogP) is 3.29. The molecular formula is C23H26N4O2. The number of carbonyl (C=O) groups is 1. The van der Waals surface area contributed by atoms with Gasteiger partial charge >= 0.3 is 0 Å². The van der Waals surface area contributed by atoms with Crippen LogP contribution in [0.1, 0.15) is 42.0 Å². The molecule has 0 unspecified atom stereocenters. The second-order valence-corrected chi connectivity index (χ2v) is 7.33. The largest absolute Gasteiger partial charge is 0.483 e. The molecule has 1 aliphatic heterocycles. The molecule has 0 spiro atoms. The van der Waals surface area contributed by atoms with Crippen LogP contribution in [0.3, 0.4) is 0 Å². The molecule has 1 N–H and O–H groups in total. The van der Waals surface area contributed by atoms with Gasteiger partial charge in [0, 0.05) is 19.4 Å². The van der Waals surface area contributed by atoms with E-state index >= 15 is 0 Å². The molecule has 2 heterocycles. The number of hydrogen-bond donors (Lipinski definition) is 1. The molecule has 2 aromatic carbocycles. The van der Waals surface area contributed by atoms with Crippen LogP contribution in [0.2, 0.25) is 0 Å². The van der Waals surface area contributed by atoms with Crippen LogP contribution in [0, 0.1) is 0 Å². The number of carbonyl (C=O) groups excluding carboxylic acids is 1. The average molecular weight is 390 g/mol. The van der Waals surface area contributed by atoms with Gasteiger partial charge in [0.25, 0.3) is 5.91 Å². The van der Waals surface area contributed by atoms with Gasteiger partial charge in [-0.2, -0.15) is 0 Å². The minimum atomic E-state index is -0.162. The second kappa shape index (κ2) is 9.37. The monoisotopic (exact) mass is 390 g/mol. The van der Waals surface area contributed by atoms with E-state index in [1.54, 1.807) is 0 Å². The molecule has 4 rings (SSSR count). The maximum atomic E-state index is 12.3. The lowest BCUT2D eigenvalue weighted by Crippen LogP contribution is -2.29. The zero-order valence-electron chi connectivity index (χ0n) is 16.5. The van der Waals surface area contributed by atoms with Crippen molar-refractivity contribution in [2.45, 2.75) is 45.2 Å². The van der Waals surface area contributed by atoms with Gasteiger partial charge in [0.1, 0.15) is 11.6 Å².